The van der Waals surface area contributed by atoms with Crippen molar-refractivity contribution in [1.82, 2.24) is 10.2 Å². The third-order valence-corrected chi connectivity index (χ3v) is 4.87. The summed E-state index contributed by atoms with van der Waals surface area (Å²) in [6, 6.07) is 1.13. The summed E-state index contributed by atoms with van der Waals surface area (Å²) in [5, 5.41) is 4.84. The van der Waals surface area contributed by atoms with E-state index in [-0.39, 0.29) is 0 Å². The van der Waals surface area contributed by atoms with Gasteiger partial charge in [-0.05, 0) is 31.8 Å². The van der Waals surface area contributed by atoms with Crippen LogP contribution in [-0.2, 0) is 0 Å². The molecule has 0 radical (unpaired) electrons. The first kappa shape index (κ1) is 13.2. The van der Waals surface area contributed by atoms with Gasteiger partial charge in [-0.15, -0.1) is 0 Å². The summed E-state index contributed by atoms with van der Waals surface area (Å²) >= 11 is 1.90. The summed E-state index contributed by atoms with van der Waals surface area (Å²) < 4.78 is 0. The first-order valence-corrected chi connectivity index (χ1v) is 7.70. The van der Waals surface area contributed by atoms with E-state index in [2.05, 4.69) is 38.0 Å². The van der Waals surface area contributed by atoms with Crippen LogP contribution in [0.4, 0.5) is 0 Å². The van der Waals surface area contributed by atoms with Gasteiger partial charge in [0.1, 0.15) is 0 Å². The molecule has 0 aromatic rings. The largest absolute Gasteiger partial charge is 0.362 e. The van der Waals surface area contributed by atoms with Crippen LogP contribution in [0.3, 0.4) is 0 Å². The number of nitrogens with one attached hydrogen (secondary N) is 1. The van der Waals surface area contributed by atoms with Gasteiger partial charge in [0.15, 0.2) is 5.17 Å². The smallest absolute Gasteiger partial charge is 0.157 e. The zero-order valence-electron chi connectivity index (χ0n) is 11.4. The quantitative estimate of drug-likeness (QED) is 0.818. The lowest BCUT2D eigenvalue weighted by Gasteiger charge is -2.35. The highest BCUT2D eigenvalue weighted by Gasteiger charge is 2.27. The van der Waals surface area contributed by atoms with Crippen LogP contribution in [0, 0.1) is 11.8 Å². The molecular weight excluding hydrogens is 230 g/mol. The van der Waals surface area contributed by atoms with E-state index in [4.69, 9.17) is 4.99 Å². The van der Waals surface area contributed by atoms with Crippen LogP contribution in [0.15, 0.2) is 4.99 Å². The number of aliphatic imine (C=N–C) groups is 1. The van der Waals surface area contributed by atoms with E-state index in [0.717, 1.165) is 11.7 Å². The van der Waals surface area contributed by atoms with Gasteiger partial charge in [0.05, 0.1) is 6.04 Å². The number of nitrogens with zero attached hydrogens (tertiary/aromatic N) is 2. The first-order chi connectivity index (χ1) is 8.06. The molecule has 1 N–H and O–H groups in total. The van der Waals surface area contributed by atoms with E-state index in [0.29, 0.717) is 18.0 Å². The van der Waals surface area contributed by atoms with Crippen molar-refractivity contribution in [1.29, 1.82) is 0 Å². The Kier molecular flexibility index (Phi) is 4.36. The Hall–Kier alpha value is -0.220. The average molecular weight is 255 g/mol. The third kappa shape index (κ3) is 3.38. The first-order valence-electron chi connectivity index (χ1n) is 6.72. The molecule has 0 amide bonds. The van der Waals surface area contributed by atoms with Gasteiger partial charge in [-0.3, -0.25) is 4.99 Å². The fourth-order valence-corrected chi connectivity index (χ4v) is 3.77. The van der Waals surface area contributed by atoms with Gasteiger partial charge < -0.3 is 10.2 Å². The predicted molar refractivity (Wildman–Crippen MR) is 76.7 cm³/mol. The zero-order chi connectivity index (χ0) is 12.4. The van der Waals surface area contributed by atoms with E-state index >= 15 is 0 Å². The minimum Gasteiger partial charge on any atom is -0.362 e. The van der Waals surface area contributed by atoms with Crippen LogP contribution < -0.4 is 5.32 Å². The summed E-state index contributed by atoms with van der Waals surface area (Å²) in [6.07, 6.45) is 1.24. The van der Waals surface area contributed by atoms with Gasteiger partial charge in [-0.25, -0.2) is 0 Å². The third-order valence-electron chi connectivity index (χ3n) is 3.86. The fourth-order valence-electron chi connectivity index (χ4n) is 2.54. The Morgan fingerprint density at radius 2 is 2.24 bits per heavy atom. The maximum atomic E-state index is 4.79. The Balaban J connectivity index is 1.87. The maximum absolute atomic E-state index is 4.79. The van der Waals surface area contributed by atoms with Crippen molar-refractivity contribution in [3.05, 3.63) is 0 Å². The number of amidine groups is 1. The molecule has 4 heteroatoms. The molecule has 2 aliphatic heterocycles. The standard InChI is InChI=1S/C13H25N3S/c1-9(2)12-8-17-13(15-12)14-11-5-6-16(4)7-10(11)3/h9-12H,5-8H2,1-4H3,(H,14,15). The molecule has 1 saturated heterocycles. The molecule has 1 fully saturated rings. The molecule has 2 heterocycles. The van der Waals surface area contributed by atoms with Crippen molar-refractivity contribution in [2.45, 2.75) is 39.3 Å². The number of hydrogen-bond donors (Lipinski definition) is 1. The second-order valence-corrected chi connectivity index (χ2v) is 6.84. The van der Waals surface area contributed by atoms with E-state index in [1.54, 1.807) is 0 Å². The van der Waals surface area contributed by atoms with Gasteiger partial charge in [-0.1, -0.05) is 32.5 Å². The van der Waals surface area contributed by atoms with Crippen molar-refractivity contribution in [3.63, 3.8) is 0 Å². The summed E-state index contributed by atoms with van der Waals surface area (Å²) in [6.45, 7) is 9.26. The molecule has 3 atom stereocenters. The van der Waals surface area contributed by atoms with Crippen molar-refractivity contribution in [3.8, 4) is 0 Å². The summed E-state index contributed by atoms with van der Waals surface area (Å²) in [5.74, 6) is 2.54. The summed E-state index contributed by atoms with van der Waals surface area (Å²) in [5.41, 5.74) is 0. The Morgan fingerprint density at radius 1 is 1.47 bits per heavy atom. The Morgan fingerprint density at radius 3 is 2.82 bits per heavy atom. The minimum atomic E-state index is 0.518. The van der Waals surface area contributed by atoms with Crippen molar-refractivity contribution in [2.75, 3.05) is 25.9 Å². The van der Waals surface area contributed by atoms with E-state index < -0.39 is 0 Å². The van der Waals surface area contributed by atoms with E-state index in [9.17, 15) is 0 Å². The molecule has 0 saturated carbocycles. The lowest BCUT2D eigenvalue weighted by molar-refractivity contribution is 0.187. The van der Waals surface area contributed by atoms with Crippen LogP contribution in [0.25, 0.3) is 0 Å². The Labute approximate surface area is 109 Å². The van der Waals surface area contributed by atoms with Gasteiger partial charge >= 0.3 is 0 Å². The zero-order valence-corrected chi connectivity index (χ0v) is 12.3. The topological polar surface area (TPSA) is 27.6 Å². The summed E-state index contributed by atoms with van der Waals surface area (Å²) in [4.78, 5) is 7.21. The van der Waals surface area contributed by atoms with Crippen LogP contribution in [0.1, 0.15) is 27.2 Å². The number of piperidine rings is 1. The fraction of sp³-hybridized carbons (Fsp3) is 0.923. The van der Waals surface area contributed by atoms with E-state index in [1.165, 1.54) is 24.7 Å². The van der Waals surface area contributed by atoms with Gasteiger partial charge in [0, 0.05) is 18.3 Å². The highest BCUT2D eigenvalue weighted by Crippen LogP contribution is 2.24. The number of thioether (sulfide) groups is 1. The summed E-state index contributed by atoms with van der Waals surface area (Å²) in [7, 11) is 2.21. The van der Waals surface area contributed by atoms with Crippen LogP contribution in [0.2, 0.25) is 0 Å². The molecule has 17 heavy (non-hydrogen) atoms. The molecule has 0 aromatic carbocycles. The molecule has 0 spiro atoms. The van der Waals surface area contributed by atoms with Gasteiger partial charge in [0.25, 0.3) is 0 Å². The predicted octanol–water partition coefficient (Wildman–Crippen LogP) is 2.04. The molecule has 2 aliphatic rings. The molecule has 3 nitrogen and oxygen atoms in total. The molecule has 0 aromatic heterocycles. The average Bonchev–Trinajstić information content (AvgIpc) is 2.71. The second-order valence-electron chi connectivity index (χ2n) is 5.84. The number of likely N-dealkylation sites (tertiary alicyclic amines) is 1. The van der Waals surface area contributed by atoms with E-state index in [1.807, 2.05) is 11.8 Å². The van der Waals surface area contributed by atoms with Crippen LogP contribution in [-0.4, -0.2) is 48.0 Å². The SMILES string of the molecule is CC(C)C1CSC(NC2CCN(C)CC2C)=N1. The van der Waals surface area contributed by atoms with Gasteiger partial charge in [0.2, 0.25) is 0 Å². The van der Waals surface area contributed by atoms with Crippen LogP contribution in [0.5, 0.6) is 0 Å². The maximum Gasteiger partial charge on any atom is 0.157 e. The highest BCUT2D eigenvalue weighted by molar-refractivity contribution is 8.14. The molecule has 98 valence electrons. The minimum absolute atomic E-state index is 0.518. The molecule has 2 rings (SSSR count). The molecule has 0 aliphatic carbocycles. The normalized spacial score (nSPS) is 35.1. The molecule has 0 bridgehead atoms. The monoisotopic (exact) mass is 255 g/mol. The number of rotatable bonds is 2. The second kappa shape index (κ2) is 5.61. The van der Waals surface area contributed by atoms with Crippen LogP contribution >= 0.6 is 11.8 Å². The van der Waals surface area contributed by atoms with Crippen molar-refractivity contribution < 1.29 is 0 Å². The lowest BCUT2D eigenvalue weighted by atomic mass is 9.94. The van der Waals surface area contributed by atoms with Crippen molar-refractivity contribution in [2.24, 2.45) is 16.8 Å². The Bertz CT molecular complexity index is 290. The lowest BCUT2D eigenvalue weighted by Crippen LogP contribution is -2.48. The molecule has 3 unspecified atom stereocenters. The van der Waals surface area contributed by atoms with Gasteiger partial charge in [-0.2, -0.15) is 0 Å². The molecular formula is C13H25N3S. The van der Waals surface area contributed by atoms with Crippen molar-refractivity contribution >= 4 is 16.9 Å². The number of hydrogen-bond acceptors (Lipinski definition) is 4. The highest BCUT2D eigenvalue weighted by atomic mass is 32.2.